The molecule has 0 unspecified atom stereocenters. The van der Waals surface area contributed by atoms with Crippen molar-refractivity contribution in [2.24, 2.45) is 0 Å². The summed E-state index contributed by atoms with van der Waals surface area (Å²) >= 11 is 0. The Balaban J connectivity index is 2.09. The number of aliphatic hydroxyl groups is 1. The lowest BCUT2D eigenvalue weighted by atomic mass is 9.92. The van der Waals surface area contributed by atoms with Gasteiger partial charge in [-0.05, 0) is 31.0 Å². The lowest BCUT2D eigenvalue weighted by Crippen LogP contribution is -2.36. The van der Waals surface area contributed by atoms with Gasteiger partial charge in [-0.2, -0.15) is 13.2 Å². The molecule has 2 nitrogen and oxygen atoms in total. The minimum Gasteiger partial charge on any atom is -0.391 e. The van der Waals surface area contributed by atoms with E-state index >= 15 is 0 Å². The molecule has 1 aliphatic rings. The van der Waals surface area contributed by atoms with Crippen LogP contribution in [0.2, 0.25) is 0 Å². The van der Waals surface area contributed by atoms with Gasteiger partial charge < -0.3 is 10.4 Å². The summed E-state index contributed by atoms with van der Waals surface area (Å²) in [5.41, 5.74) is -0.256. The summed E-state index contributed by atoms with van der Waals surface area (Å²) in [7, 11) is 0. The van der Waals surface area contributed by atoms with Crippen molar-refractivity contribution in [1.29, 1.82) is 0 Å². The molecule has 1 fully saturated rings. The molecule has 2 atom stereocenters. The van der Waals surface area contributed by atoms with E-state index < -0.39 is 17.8 Å². The number of halogens is 3. The highest BCUT2D eigenvalue weighted by molar-refractivity contribution is 5.47. The number of aliphatic hydroxyl groups excluding tert-OH is 1. The minimum atomic E-state index is -4.33. The third-order valence-corrected chi connectivity index (χ3v) is 3.27. The molecule has 18 heavy (non-hydrogen) atoms. The molecular formula is C13H16F3NO. The predicted octanol–water partition coefficient (Wildman–Crippen LogP) is 3.42. The molecule has 0 bridgehead atoms. The van der Waals surface area contributed by atoms with Crippen LogP contribution in [0.15, 0.2) is 24.3 Å². The third-order valence-electron chi connectivity index (χ3n) is 3.27. The summed E-state index contributed by atoms with van der Waals surface area (Å²) in [5.74, 6) is 0. The van der Waals surface area contributed by atoms with Crippen LogP contribution < -0.4 is 5.32 Å². The third kappa shape index (κ3) is 3.16. The van der Waals surface area contributed by atoms with E-state index in [1.54, 1.807) is 6.07 Å². The highest BCUT2D eigenvalue weighted by atomic mass is 19.4. The maximum atomic E-state index is 12.5. The van der Waals surface area contributed by atoms with Crippen LogP contribution in [-0.2, 0) is 6.18 Å². The second-order valence-electron chi connectivity index (χ2n) is 4.68. The first-order valence-corrected chi connectivity index (χ1v) is 6.09. The molecule has 0 heterocycles. The highest BCUT2D eigenvalue weighted by Crippen LogP contribution is 2.31. The molecule has 0 aromatic heterocycles. The standard InChI is InChI=1S/C13H16F3NO/c14-13(15,16)9-4-3-5-10(8-9)17-11-6-1-2-7-12(11)18/h3-5,8,11-12,17-18H,1-2,6-7H2/t11-,12-/m1/s1. The van der Waals surface area contributed by atoms with E-state index in [-0.39, 0.29) is 6.04 Å². The maximum absolute atomic E-state index is 12.5. The number of anilines is 1. The maximum Gasteiger partial charge on any atom is 0.416 e. The second kappa shape index (κ2) is 5.18. The van der Waals surface area contributed by atoms with E-state index in [9.17, 15) is 18.3 Å². The number of alkyl halides is 3. The largest absolute Gasteiger partial charge is 0.416 e. The number of rotatable bonds is 2. The predicted molar refractivity (Wildman–Crippen MR) is 63.3 cm³/mol. The quantitative estimate of drug-likeness (QED) is 0.853. The van der Waals surface area contributed by atoms with Crippen molar-refractivity contribution in [2.75, 3.05) is 5.32 Å². The van der Waals surface area contributed by atoms with Crippen molar-refractivity contribution in [3.63, 3.8) is 0 Å². The summed E-state index contributed by atoms with van der Waals surface area (Å²) in [6.45, 7) is 0. The Morgan fingerprint density at radius 2 is 1.89 bits per heavy atom. The molecule has 1 aliphatic carbocycles. The van der Waals surface area contributed by atoms with Gasteiger partial charge >= 0.3 is 6.18 Å². The Hall–Kier alpha value is -1.23. The van der Waals surface area contributed by atoms with E-state index in [1.165, 1.54) is 6.07 Å². The lowest BCUT2D eigenvalue weighted by molar-refractivity contribution is -0.137. The van der Waals surface area contributed by atoms with Crippen molar-refractivity contribution in [3.8, 4) is 0 Å². The first-order valence-electron chi connectivity index (χ1n) is 6.09. The van der Waals surface area contributed by atoms with Crippen LogP contribution in [0.3, 0.4) is 0 Å². The van der Waals surface area contributed by atoms with E-state index in [4.69, 9.17) is 0 Å². The van der Waals surface area contributed by atoms with Gasteiger partial charge in [0.15, 0.2) is 0 Å². The van der Waals surface area contributed by atoms with Gasteiger partial charge in [0.05, 0.1) is 17.7 Å². The molecular weight excluding hydrogens is 243 g/mol. The first kappa shape index (κ1) is 13.2. The zero-order valence-electron chi connectivity index (χ0n) is 9.87. The van der Waals surface area contributed by atoms with Crippen molar-refractivity contribution in [1.82, 2.24) is 0 Å². The van der Waals surface area contributed by atoms with Gasteiger partial charge in [-0.25, -0.2) is 0 Å². The zero-order chi connectivity index (χ0) is 13.2. The van der Waals surface area contributed by atoms with Crippen LogP contribution in [0.4, 0.5) is 18.9 Å². The van der Waals surface area contributed by atoms with Crippen LogP contribution in [0.5, 0.6) is 0 Å². The second-order valence-corrected chi connectivity index (χ2v) is 4.68. The monoisotopic (exact) mass is 259 g/mol. The Morgan fingerprint density at radius 1 is 1.17 bits per heavy atom. The van der Waals surface area contributed by atoms with Gasteiger partial charge in [-0.3, -0.25) is 0 Å². The Morgan fingerprint density at radius 3 is 2.56 bits per heavy atom. The summed E-state index contributed by atoms with van der Waals surface area (Å²) < 4.78 is 37.6. The topological polar surface area (TPSA) is 32.3 Å². The lowest BCUT2D eigenvalue weighted by Gasteiger charge is -2.29. The van der Waals surface area contributed by atoms with Crippen molar-refractivity contribution >= 4 is 5.69 Å². The molecule has 1 saturated carbocycles. The van der Waals surface area contributed by atoms with Crippen molar-refractivity contribution in [3.05, 3.63) is 29.8 Å². The highest BCUT2D eigenvalue weighted by Gasteiger charge is 2.31. The van der Waals surface area contributed by atoms with E-state index in [0.29, 0.717) is 12.1 Å². The van der Waals surface area contributed by atoms with Crippen LogP contribution in [0.1, 0.15) is 31.2 Å². The SMILES string of the molecule is O[C@@H]1CCCC[C@H]1Nc1cccc(C(F)(F)F)c1. The smallest absolute Gasteiger partial charge is 0.391 e. The van der Waals surface area contributed by atoms with Crippen LogP contribution in [0, 0.1) is 0 Å². The molecule has 5 heteroatoms. The van der Waals surface area contributed by atoms with Crippen molar-refractivity contribution < 1.29 is 18.3 Å². The van der Waals surface area contributed by atoms with Gasteiger partial charge in [0.2, 0.25) is 0 Å². The molecule has 0 amide bonds. The van der Waals surface area contributed by atoms with E-state index in [1.807, 2.05) is 0 Å². The van der Waals surface area contributed by atoms with Gasteiger partial charge in [-0.1, -0.05) is 18.9 Å². The molecule has 1 aromatic carbocycles. The molecule has 0 spiro atoms. The van der Waals surface area contributed by atoms with Gasteiger partial charge in [-0.15, -0.1) is 0 Å². The first-order chi connectivity index (χ1) is 8.47. The molecule has 0 saturated heterocycles. The molecule has 0 aliphatic heterocycles. The molecule has 0 radical (unpaired) electrons. The van der Waals surface area contributed by atoms with Crippen LogP contribution in [0.25, 0.3) is 0 Å². The fourth-order valence-corrected chi connectivity index (χ4v) is 2.28. The number of hydrogen-bond acceptors (Lipinski definition) is 2. The van der Waals surface area contributed by atoms with E-state index in [0.717, 1.165) is 31.4 Å². The van der Waals surface area contributed by atoms with Gasteiger partial charge in [0.1, 0.15) is 0 Å². The fourth-order valence-electron chi connectivity index (χ4n) is 2.28. The fraction of sp³-hybridized carbons (Fsp3) is 0.538. The van der Waals surface area contributed by atoms with Crippen molar-refractivity contribution in [2.45, 2.75) is 44.0 Å². The summed E-state index contributed by atoms with van der Waals surface area (Å²) in [6.07, 6.45) is -1.35. The number of benzene rings is 1. The number of hydrogen-bond donors (Lipinski definition) is 2. The zero-order valence-corrected chi connectivity index (χ0v) is 9.87. The normalized spacial score (nSPS) is 24.9. The minimum absolute atomic E-state index is 0.151. The average Bonchev–Trinajstić information content (AvgIpc) is 2.31. The van der Waals surface area contributed by atoms with Gasteiger partial charge in [0.25, 0.3) is 0 Å². The summed E-state index contributed by atoms with van der Waals surface area (Å²) in [4.78, 5) is 0. The summed E-state index contributed by atoms with van der Waals surface area (Å²) in [6, 6.07) is 4.95. The van der Waals surface area contributed by atoms with Crippen LogP contribution in [-0.4, -0.2) is 17.3 Å². The molecule has 2 rings (SSSR count). The summed E-state index contributed by atoms with van der Waals surface area (Å²) in [5, 5.41) is 12.8. The Labute approximate surface area is 104 Å². The molecule has 2 N–H and O–H groups in total. The van der Waals surface area contributed by atoms with E-state index in [2.05, 4.69) is 5.32 Å². The number of nitrogens with one attached hydrogen (secondary N) is 1. The Kier molecular flexibility index (Phi) is 3.80. The average molecular weight is 259 g/mol. The molecule has 1 aromatic rings. The Bertz CT molecular complexity index is 405. The van der Waals surface area contributed by atoms with Gasteiger partial charge in [0, 0.05) is 5.69 Å². The van der Waals surface area contributed by atoms with Crippen LogP contribution >= 0.6 is 0 Å². The molecule has 100 valence electrons.